The second kappa shape index (κ2) is 10.3. The van der Waals surface area contributed by atoms with Gasteiger partial charge in [-0.3, -0.25) is 14.0 Å². The van der Waals surface area contributed by atoms with Crippen molar-refractivity contribution in [2.24, 2.45) is 0 Å². The van der Waals surface area contributed by atoms with E-state index in [9.17, 15) is 9.59 Å². The monoisotopic (exact) mass is 459 g/mol. The largest absolute Gasteiger partial charge is 0.497 e. The number of aromatic nitrogens is 2. The molecule has 7 nitrogen and oxygen atoms in total. The minimum absolute atomic E-state index is 0.0530. The van der Waals surface area contributed by atoms with Crippen LogP contribution >= 0.6 is 23.1 Å². The van der Waals surface area contributed by atoms with E-state index < -0.39 is 0 Å². The Bertz CT molecular complexity index is 1090. The SMILES string of the molecule is COc1cccc(CN(CC2CCCO2)C(=O)CSCc2cc(=O)n3ccsc3n2)c1. The lowest BCUT2D eigenvalue weighted by atomic mass is 10.1. The molecule has 0 N–H and O–H groups in total. The highest BCUT2D eigenvalue weighted by molar-refractivity contribution is 7.99. The van der Waals surface area contributed by atoms with Crippen LogP contribution in [-0.2, 0) is 21.8 Å². The van der Waals surface area contributed by atoms with Crippen molar-refractivity contribution in [3.63, 3.8) is 0 Å². The number of nitrogens with zero attached hydrogens (tertiary/aromatic N) is 3. The fourth-order valence-electron chi connectivity index (χ4n) is 3.58. The van der Waals surface area contributed by atoms with E-state index in [2.05, 4.69) is 4.98 Å². The number of hydrogen-bond donors (Lipinski definition) is 0. The summed E-state index contributed by atoms with van der Waals surface area (Å²) in [5, 5.41) is 1.84. The number of thiazole rings is 1. The van der Waals surface area contributed by atoms with Gasteiger partial charge in [0, 0.05) is 43.1 Å². The number of hydrogen-bond acceptors (Lipinski definition) is 7. The van der Waals surface area contributed by atoms with Crippen molar-refractivity contribution in [1.29, 1.82) is 0 Å². The first-order valence-electron chi connectivity index (χ1n) is 10.2. The lowest BCUT2D eigenvalue weighted by Crippen LogP contribution is -2.38. The topological polar surface area (TPSA) is 73.1 Å². The molecule has 164 valence electrons. The van der Waals surface area contributed by atoms with Crippen LogP contribution in [0.4, 0.5) is 0 Å². The molecule has 1 atom stereocenters. The molecule has 31 heavy (non-hydrogen) atoms. The molecule has 9 heteroatoms. The maximum atomic E-state index is 13.1. The van der Waals surface area contributed by atoms with E-state index in [1.54, 1.807) is 13.3 Å². The Balaban J connectivity index is 1.39. The van der Waals surface area contributed by atoms with Gasteiger partial charge in [-0.25, -0.2) is 4.98 Å². The number of methoxy groups -OCH3 is 1. The Labute approximate surface area is 189 Å². The summed E-state index contributed by atoms with van der Waals surface area (Å²) in [5.74, 6) is 1.67. The Morgan fingerprint density at radius 3 is 3.13 bits per heavy atom. The Hall–Kier alpha value is -2.36. The molecular weight excluding hydrogens is 434 g/mol. The maximum Gasteiger partial charge on any atom is 0.258 e. The maximum absolute atomic E-state index is 13.1. The van der Waals surface area contributed by atoms with E-state index in [1.165, 1.54) is 33.6 Å². The molecule has 2 aromatic heterocycles. The molecule has 3 aromatic rings. The van der Waals surface area contributed by atoms with Crippen LogP contribution in [0.15, 0.2) is 46.7 Å². The number of fused-ring (bicyclic) bond motifs is 1. The number of carbonyl (C=O) groups excluding carboxylic acids is 1. The first-order chi connectivity index (χ1) is 15.1. The van der Waals surface area contributed by atoms with Crippen LogP contribution in [0.2, 0.25) is 0 Å². The number of thioether (sulfide) groups is 1. The molecule has 0 radical (unpaired) electrons. The zero-order valence-electron chi connectivity index (χ0n) is 17.4. The van der Waals surface area contributed by atoms with Crippen molar-refractivity contribution in [2.75, 3.05) is 26.0 Å². The zero-order valence-corrected chi connectivity index (χ0v) is 19.0. The minimum Gasteiger partial charge on any atom is -0.497 e. The first-order valence-corrected chi connectivity index (χ1v) is 12.2. The van der Waals surface area contributed by atoms with Crippen molar-refractivity contribution in [1.82, 2.24) is 14.3 Å². The van der Waals surface area contributed by atoms with Crippen LogP contribution in [0.1, 0.15) is 24.1 Å². The van der Waals surface area contributed by atoms with Gasteiger partial charge in [-0.2, -0.15) is 0 Å². The summed E-state index contributed by atoms with van der Waals surface area (Å²) in [6.45, 7) is 1.85. The Kier molecular flexibility index (Phi) is 7.26. The van der Waals surface area contributed by atoms with Crippen LogP contribution in [-0.4, -0.2) is 52.3 Å². The predicted octanol–water partition coefficient (Wildman–Crippen LogP) is 3.21. The molecule has 1 aliphatic heterocycles. The number of amides is 1. The molecule has 3 heterocycles. The molecule has 1 saturated heterocycles. The molecule has 1 fully saturated rings. The van der Waals surface area contributed by atoms with Crippen LogP contribution in [0.3, 0.4) is 0 Å². The number of ether oxygens (including phenoxy) is 2. The highest BCUT2D eigenvalue weighted by Gasteiger charge is 2.23. The Morgan fingerprint density at radius 2 is 2.32 bits per heavy atom. The third-order valence-electron chi connectivity index (χ3n) is 5.14. The van der Waals surface area contributed by atoms with E-state index in [0.717, 1.165) is 30.8 Å². The molecule has 0 bridgehead atoms. The van der Waals surface area contributed by atoms with Gasteiger partial charge >= 0.3 is 0 Å². The smallest absolute Gasteiger partial charge is 0.258 e. The lowest BCUT2D eigenvalue weighted by Gasteiger charge is -2.26. The number of rotatable bonds is 9. The van der Waals surface area contributed by atoms with Gasteiger partial charge < -0.3 is 14.4 Å². The summed E-state index contributed by atoms with van der Waals surface area (Å²) < 4.78 is 12.6. The summed E-state index contributed by atoms with van der Waals surface area (Å²) >= 11 is 2.90. The van der Waals surface area contributed by atoms with Gasteiger partial charge in [0.05, 0.1) is 24.7 Å². The minimum atomic E-state index is -0.0915. The second-order valence-corrected chi connectivity index (χ2v) is 9.25. The van der Waals surface area contributed by atoms with Gasteiger partial charge in [-0.05, 0) is 30.5 Å². The molecule has 0 spiro atoms. The van der Waals surface area contributed by atoms with Gasteiger partial charge in [0.1, 0.15) is 5.75 Å². The van der Waals surface area contributed by atoms with Gasteiger partial charge in [-0.15, -0.1) is 23.1 Å². The highest BCUT2D eigenvalue weighted by Crippen LogP contribution is 2.20. The van der Waals surface area contributed by atoms with Crippen LogP contribution in [0.25, 0.3) is 4.96 Å². The molecule has 1 amide bonds. The molecule has 1 aliphatic rings. The van der Waals surface area contributed by atoms with E-state index in [1.807, 2.05) is 34.5 Å². The zero-order chi connectivity index (χ0) is 21.6. The van der Waals surface area contributed by atoms with E-state index in [-0.39, 0.29) is 17.6 Å². The first kappa shape index (κ1) is 21.9. The van der Waals surface area contributed by atoms with Crippen molar-refractivity contribution in [3.8, 4) is 5.75 Å². The normalized spacial score (nSPS) is 16.0. The average molecular weight is 460 g/mol. The van der Waals surface area contributed by atoms with Crippen molar-refractivity contribution in [2.45, 2.75) is 31.2 Å². The predicted molar refractivity (Wildman–Crippen MR) is 123 cm³/mol. The standard InChI is InChI=1S/C22H25N3O4S2/c1-28-18-5-2-4-16(10-18)12-24(13-19-6-3-8-29-19)21(27)15-30-14-17-11-20(26)25-7-9-31-22(25)23-17/h2,4-5,7,9-11,19H,3,6,8,12-15H2,1H3. The summed E-state index contributed by atoms with van der Waals surface area (Å²) in [7, 11) is 1.64. The van der Waals surface area contributed by atoms with E-state index in [4.69, 9.17) is 9.47 Å². The lowest BCUT2D eigenvalue weighted by molar-refractivity contribution is -0.130. The fraction of sp³-hybridized carbons (Fsp3) is 0.409. The Morgan fingerprint density at radius 1 is 1.42 bits per heavy atom. The van der Waals surface area contributed by atoms with Gasteiger partial charge in [0.2, 0.25) is 5.91 Å². The van der Waals surface area contributed by atoms with Crippen LogP contribution < -0.4 is 10.3 Å². The molecule has 1 aromatic carbocycles. The average Bonchev–Trinajstić information content (AvgIpc) is 3.45. The fourth-order valence-corrected chi connectivity index (χ4v) is 5.13. The van der Waals surface area contributed by atoms with E-state index in [0.29, 0.717) is 35.3 Å². The summed E-state index contributed by atoms with van der Waals surface area (Å²) in [4.78, 5) is 32.2. The summed E-state index contributed by atoms with van der Waals surface area (Å²) in [6, 6.07) is 9.32. The van der Waals surface area contributed by atoms with Gasteiger partial charge in [0.15, 0.2) is 4.96 Å². The van der Waals surface area contributed by atoms with Gasteiger partial charge in [-0.1, -0.05) is 12.1 Å². The third-order valence-corrected chi connectivity index (χ3v) is 6.85. The van der Waals surface area contributed by atoms with Crippen LogP contribution in [0.5, 0.6) is 5.75 Å². The third kappa shape index (κ3) is 5.66. The molecule has 4 rings (SSSR count). The van der Waals surface area contributed by atoms with Crippen molar-refractivity contribution in [3.05, 3.63) is 63.5 Å². The number of benzene rings is 1. The van der Waals surface area contributed by atoms with Crippen LogP contribution in [0, 0.1) is 0 Å². The van der Waals surface area contributed by atoms with Crippen molar-refractivity contribution >= 4 is 34.0 Å². The summed E-state index contributed by atoms with van der Waals surface area (Å²) in [6.07, 6.45) is 3.82. The van der Waals surface area contributed by atoms with Gasteiger partial charge in [0.25, 0.3) is 5.56 Å². The summed E-state index contributed by atoms with van der Waals surface area (Å²) in [5.41, 5.74) is 1.63. The molecule has 0 aliphatic carbocycles. The molecule has 1 unspecified atom stereocenters. The quantitative estimate of drug-likeness (QED) is 0.489. The number of carbonyl (C=O) groups is 1. The molecule has 0 saturated carbocycles. The van der Waals surface area contributed by atoms with E-state index >= 15 is 0 Å². The van der Waals surface area contributed by atoms with Crippen molar-refractivity contribution < 1.29 is 14.3 Å². The molecular formula is C22H25N3O4S2. The highest BCUT2D eigenvalue weighted by atomic mass is 32.2. The second-order valence-electron chi connectivity index (χ2n) is 7.39.